The Bertz CT molecular complexity index is 160. The van der Waals surface area contributed by atoms with Gasteiger partial charge >= 0.3 is 0 Å². The lowest BCUT2D eigenvalue weighted by Crippen LogP contribution is -2.32. The highest BCUT2D eigenvalue weighted by Gasteiger charge is 2.16. The molecule has 2 atom stereocenters. The molecule has 5 heteroatoms. The quantitative estimate of drug-likeness (QED) is 0.636. The first-order chi connectivity index (χ1) is 7.20. The van der Waals surface area contributed by atoms with E-state index >= 15 is 0 Å². The topological polar surface area (TPSA) is 41.5 Å². The summed E-state index contributed by atoms with van der Waals surface area (Å²) in [6.07, 6.45) is 0.260. The third-order valence-electron chi connectivity index (χ3n) is 2.55. The van der Waals surface area contributed by atoms with Crippen LogP contribution in [0.5, 0.6) is 0 Å². The zero-order valence-corrected chi connectivity index (χ0v) is 8.79. The van der Waals surface area contributed by atoms with E-state index in [9.17, 15) is 8.78 Å². The molecule has 0 aromatic heterocycles. The first kappa shape index (κ1) is 12.8. The van der Waals surface area contributed by atoms with Gasteiger partial charge < -0.3 is 15.2 Å². The molecule has 0 spiro atoms. The monoisotopic (exact) mass is 223 g/mol. The van der Waals surface area contributed by atoms with Crippen molar-refractivity contribution in [1.82, 2.24) is 5.32 Å². The van der Waals surface area contributed by atoms with Crippen LogP contribution in [0.4, 0.5) is 8.78 Å². The molecular weight excluding hydrogens is 204 g/mol. The molecule has 1 aliphatic rings. The Morgan fingerprint density at radius 2 is 2.27 bits per heavy atom. The standard InChI is InChI=1S/C10H19F2NO2/c11-10(12)9(14)7-13-5-1-3-8-4-2-6-15-8/h8-10,13-14H,1-7H2. The van der Waals surface area contributed by atoms with Crippen LogP contribution < -0.4 is 5.32 Å². The molecule has 0 saturated carbocycles. The van der Waals surface area contributed by atoms with Crippen molar-refractivity contribution in [2.45, 2.75) is 44.3 Å². The van der Waals surface area contributed by atoms with Crippen molar-refractivity contribution in [1.29, 1.82) is 0 Å². The highest BCUT2D eigenvalue weighted by atomic mass is 19.3. The van der Waals surface area contributed by atoms with Gasteiger partial charge in [0.1, 0.15) is 6.10 Å². The Kier molecular flexibility index (Phi) is 6.05. The lowest BCUT2D eigenvalue weighted by atomic mass is 10.1. The fourth-order valence-electron chi connectivity index (χ4n) is 1.67. The number of aliphatic hydroxyl groups is 1. The maximum Gasteiger partial charge on any atom is 0.265 e. The van der Waals surface area contributed by atoms with E-state index in [-0.39, 0.29) is 6.54 Å². The van der Waals surface area contributed by atoms with E-state index in [1.807, 2.05) is 0 Å². The minimum absolute atomic E-state index is 0.0385. The van der Waals surface area contributed by atoms with Crippen molar-refractivity contribution < 1.29 is 18.6 Å². The minimum Gasteiger partial charge on any atom is -0.386 e. The average molecular weight is 223 g/mol. The van der Waals surface area contributed by atoms with Crippen LogP contribution in [0.15, 0.2) is 0 Å². The molecule has 0 radical (unpaired) electrons. The Labute approximate surface area is 88.8 Å². The van der Waals surface area contributed by atoms with E-state index in [0.717, 1.165) is 32.3 Å². The van der Waals surface area contributed by atoms with Gasteiger partial charge in [0.05, 0.1) is 6.10 Å². The molecule has 1 heterocycles. The van der Waals surface area contributed by atoms with E-state index in [1.54, 1.807) is 0 Å². The zero-order valence-electron chi connectivity index (χ0n) is 8.79. The van der Waals surface area contributed by atoms with Gasteiger partial charge in [0, 0.05) is 13.2 Å². The number of rotatable bonds is 7. The summed E-state index contributed by atoms with van der Waals surface area (Å²) in [5, 5.41) is 11.6. The second-order valence-corrected chi connectivity index (χ2v) is 3.88. The van der Waals surface area contributed by atoms with Gasteiger partial charge in [-0.25, -0.2) is 8.78 Å². The lowest BCUT2D eigenvalue weighted by molar-refractivity contribution is -0.00330. The highest BCUT2D eigenvalue weighted by Crippen LogP contribution is 2.16. The molecule has 0 aliphatic carbocycles. The van der Waals surface area contributed by atoms with Gasteiger partial charge in [-0.3, -0.25) is 0 Å². The number of nitrogens with one attached hydrogen (secondary N) is 1. The minimum atomic E-state index is -2.66. The van der Waals surface area contributed by atoms with Crippen LogP contribution in [0.2, 0.25) is 0 Å². The number of hydrogen-bond donors (Lipinski definition) is 2. The van der Waals surface area contributed by atoms with Gasteiger partial charge in [-0.2, -0.15) is 0 Å². The summed E-state index contributed by atoms with van der Waals surface area (Å²) in [5.74, 6) is 0. The molecule has 90 valence electrons. The van der Waals surface area contributed by atoms with Crippen LogP contribution in [0.3, 0.4) is 0 Å². The van der Waals surface area contributed by atoms with Gasteiger partial charge in [-0.1, -0.05) is 0 Å². The summed E-state index contributed by atoms with van der Waals surface area (Å²) in [5.41, 5.74) is 0. The Hall–Kier alpha value is -0.260. The largest absolute Gasteiger partial charge is 0.386 e. The third kappa shape index (κ3) is 5.39. The molecule has 15 heavy (non-hydrogen) atoms. The van der Waals surface area contributed by atoms with E-state index in [1.165, 1.54) is 0 Å². The van der Waals surface area contributed by atoms with Gasteiger partial charge in [-0.05, 0) is 32.2 Å². The van der Waals surface area contributed by atoms with Crippen molar-refractivity contribution >= 4 is 0 Å². The fourth-order valence-corrected chi connectivity index (χ4v) is 1.67. The lowest BCUT2D eigenvalue weighted by Gasteiger charge is -2.12. The molecule has 2 N–H and O–H groups in total. The van der Waals surface area contributed by atoms with Crippen molar-refractivity contribution in [3.63, 3.8) is 0 Å². The predicted octanol–water partition coefficient (Wildman–Crippen LogP) is 1.16. The van der Waals surface area contributed by atoms with Crippen LogP contribution in [-0.2, 0) is 4.74 Å². The van der Waals surface area contributed by atoms with Gasteiger partial charge in [0.15, 0.2) is 0 Å². The Morgan fingerprint density at radius 1 is 1.47 bits per heavy atom. The molecule has 1 aliphatic heterocycles. The van der Waals surface area contributed by atoms with Crippen molar-refractivity contribution in [3.05, 3.63) is 0 Å². The summed E-state index contributed by atoms with van der Waals surface area (Å²) in [6.45, 7) is 1.47. The smallest absolute Gasteiger partial charge is 0.265 e. The zero-order chi connectivity index (χ0) is 11.1. The molecule has 1 saturated heterocycles. The van der Waals surface area contributed by atoms with E-state index < -0.39 is 12.5 Å². The first-order valence-electron chi connectivity index (χ1n) is 5.48. The third-order valence-corrected chi connectivity index (χ3v) is 2.55. The van der Waals surface area contributed by atoms with Crippen molar-refractivity contribution in [2.75, 3.05) is 19.7 Å². The maximum absolute atomic E-state index is 11.9. The number of alkyl halides is 2. The summed E-state index contributed by atoms with van der Waals surface area (Å²) < 4.78 is 29.2. The fraction of sp³-hybridized carbons (Fsp3) is 1.00. The molecule has 1 fully saturated rings. The maximum atomic E-state index is 11.9. The molecular formula is C10H19F2NO2. The summed E-state index contributed by atoms with van der Waals surface area (Å²) >= 11 is 0. The second-order valence-electron chi connectivity index (χ2n) is 3.88. The molecule has 0 amide bonds. The van der Waals surface area contributed by atoms with Crippen LogP contribution in [0.1, 0.15) is 25.7 Å². The Morgan fingerprint density at radius 3 is 2.87 bits per heavy atom. The van der Waals surface area contributed by atoms with E-state index in [2.05, 4.69) is 5.32 Å². The number of ether oxygens (including phenoxy) is 1. The second kappa shape index (κ2) is 7.09. The van der Waals surface area contributed by atoms with Gasteiger partial charge in [0.2, 0.25) is 0 Å². The summed E-state index contributed by atoms with van der Waals surface area (Å²) in [6, 6.07) is 0. The van der Waals surface area contributed by atoms with Crippen molar-refractivity contribution in [2.24, 2.45) is 0 Å². The summed E-state index contributed by atoms with van der Waals surface area (Å²) in [4.78, 5) is 0. The average Bonchev–Trinajstić information content (AvgIpc) is 2.69. The molecule has 0 aromatic carbocycles. The molecule has 3 nitrogen and oxygen atoms in total. The molecule has 1 rings (SSSR count). The normalized spacial score (nSPS) is 23.6. The first-order valence-corrected chi connectivity index (χ1v) is 5.48. The predicted molar refractivity (Wildman–Crippen MR) is 53.1 cm³/mol. The van der Waals surface area contributed by atoms with Crippen LogP contribution >= 0.6 is 0 Å². The Balaban J connectivity index is 1.88. The summed E-state index contributed by atoms with van der Waals surface area (Å²) in [7, 11) is 0. The number of aliphatic hydroxyl groups excluding tert-OH is 1. The molecule has 0 aromatic rings. The van der Waals surface area contributed by atoms with Crippen LogP contribution in [-0.4, -0.2) is 43.4 Å². The highest BCUT2D eigenvalue weighted by molar-refractivity contribution is 4.66. The molecule has 2 unspecified atom stereocenters. The van der Waals surface area contributed by atoms with Crippen LogP contribution in [0.25, 0.3) is 0 Å². The molecule has 0 bridgehead atoms. The SMILES string of the molecule is OC(CNCCCC1CCCO1)C(F)F. The van der Waals surface area contributed by atoms with E-state index in [4.69, 9.17) is 9.84 Å². The van der Waals surface area contributed by atoms with Gasteiger partial charge in [0.25, 0.3) is 6.43 Å². The van der Waals surface area contributed by atoms with E-state index in [0.29, 0.717) is 12.6 Å². The van der Waals surface area contributed by atoms with Crippen LogP contribution in [0, 0.1) is 0 Å². The van der Waals surface area contributed by atoms with Gasteiger partial charge in [-0.15, -0.1) is 0 Å². The number of halogens is 2. The van der Waals surface area contributed by atoms with Crippen molar-refractivity contribution in [3.8, 4) is 0 Å². The number of hydrogen-bond acceptors (Lipinski definition) is 3.